The van der Waals surface area contributed by atoms with Gasteiger partial charge in [-0.15, -0.1) is 0 Å². The molecule has 0 aliphatic carbocycles. The zero-order valence-corrected chi connectivity index (χ0v) is 24.3. The summed E-state index contributed by atoms with van der Waals surface area (Å²) in [5.74, 6) is -1.72. The molecule has 0 amide bonds. The first-order valence-electron chi connectivity index (χ1n) is 13.0. The summed E-state index contributed by atoms with van der Waals surface area (Å²) in [7, 11) is -1.81. The Kier molecular flexibility index (Phi) is 7.46. The fourth-order valence-corrected chi connectivity index (χ4v) is 6.80. The van der Waals surface area contributed by atoms with Crippen molar-refractivity contribution in [1.29, 1.82) is 0 Å². The van der Waals surface area contributed by atoms with Gasteiger partial charge in [0.05, 0.1) is 27.6 Å². The van der Waals surface area contributed by atoms with Crippen LogP contribution in [-0.2, 0) is 51.3 Å². The minimum atomic E-state index is -1.81. The van der Waals surface area contributed by atoms with Gasteiger partial charge in [-0.25, -0.2) is 15.0 Å². The first-order chi connectivity index (χ1) is 18.9. The van der Waals surface area contributed by atoms with Gasteiger partial charge in [-0.1, -0.05) is 30.9 Å². The standard InChI is InChI=1S/C27H32N4O8Si/c1-14(32)36-11-20-24(37-15(2)33)25(38-16(3)34)27(39-20)31-13-30-23-22(28-12-29-26(23)31)19-7-17-9-35-10-18(17)8-21(19)40(4,5)6/h7-8,12-13,20,24-25,27H,9-11H2,1-6H3/t20-,24-,25-,27-/m1/s1. The molecule has 0 unspecified atom stereocenters. The van der Waals surface area contributed by atoms with E-state index in [9.17, 15) is 14.4 Å². The van der Waals surface area contributed by atoms with E-state index in [1.165, 1.54) is 44.2 Å². The summed E-state index contributed by atoms with van der Waals surface area (Å²) in [4.78, 5) is 49.3. The molecule has 4 atom stereocenters. The van der Waals surface area contributed by atoms with Gasteiger partial charge < -0.3 is 23.7 Å². The van der Waals surface area contributed by atoms with E-state index in [2.05, 4.69) is 46.7 Å². The lowest BCUT2D eigenvalue weighted by Gasteiger charge is -2.24. The van der Waals surface area contributed by atoms with Crippen molar-refractivity contribution in [3.05, 3.63) is 35.9 Å². The number of rotatable bonds is 7. The molecule has 0 radical (unpaired) electrons. The number of esters is 3. The fourth-order valence-electron chi connectivity index (χ4n) is 5.20. The lowest BCUT2D eigenvalue weighted by molar-refractivity contribution is -0.166. The molecule has 212 valence electrons. The summed E-state index contributed by atoms with van der Waals surface area (Å²) in [5, 5.41) is 1.23. The molecule has 13 heteroatoms. The zero-order chi connectivity index (χ0) is 28.8. The Bertz CT molecular complexity index is 1480. The van der Waals surface area contributed by atoms with Crippen LogP contribution in [0.1, 0.15) is 38.1 Å². The van der Waals surface area contributed by atoms with Crippen LogP contribution in [-0.4, -0.2) is 70.4 Å². The third kappa shape index (κ3) is 5.36. The maximum absolute atomic E-state index is 12.1. The Balaban J connectivity index is 1.61. The molecule has 1 fully saturated rings. The highest BCUT2D eigenvalue weighted by atomic mass is 28.3. The third-order valence-electron chi connectivity index (χ3n) is 6.89. The quantitative estimate of drug-likeness (QED) is 0.236. The largest absolute Gasteiger partial charge is 0.463 e. The molecule has 0 saturated carbocycles. The Labute approximate surface area is 232 Å². The van der Waals surface area contributed by atoms with Crippen LogP contribution < -0.4 is 5.19 Å². The van der Waals surface area contributed by atoms with Crippen LogP contribution in [0.5, 0.6) is 0 Å². The number of benzene rings is 1. The van der Waals surface area contributed by atoms with Crippen LogP contribution in [0.4, 0.5) is 0 Å². The predicted octanol–water partition coefficient (Wildman–Crippen LogP) is 2.39. The van der Waals surface area contributed by atoms with Crippen molar-refractivity contribution in [3.8, 4) is 11.3 Å². The van der Waals surface area contributed by atoms with E-state index in [1.807, 2.05) is 0 Å². The third-order valence-corrected chi connectivity index (χ3v) is 8.92. The summed E-state index contributed by atoms with van der Waals surface area (Å²) in [6, 6.07) is 4.37. The van der Waals surface area contributed by atoms with E-state index >= 15 is 0 Å². The van der Waals surface area contributed by atoms with E-state index in [1.54, 1.807) is 4.57 Å². The van der Waals surface area contributed by atoms with Gasteiger partial charge in [-0.05, 0) is 17.2 Å². The number of hydrogen-bond acceptors (Lipinski definition) is 11. The molecular weight excluding hydrogens is 536 g/mol. The normalized spacial score (nSPS) is 22.2. The van der Waals surface area contributed by atoms with Gasteiger partial charge in [0.25, 0.3) is 0 Å². The number of aromatic nitrogens is 4. The average Bonchev–Trinajstić information content (AvgIpc) is 3.58. The lowest BCUT2D eigenvalue weighted by Crippen LogP contribution is -2.40. The molecular formula is C27H32N4O8Si. The van der Waals surface area contributed by atoms with E-state index in [0.29, 0.717) is 30.1 Å². The predicted molar refractivity (Wildman–Crippen MR) is 144 cm³/mol. The molecule has 5 rings (SSSR count). The van der Waals surface area contributed by atoms with Gasteiger partial charge in [0.2, 0.25) is 0 Å². The second kappa shape index (κ2) is 10.7. The number of carbonyl (C=O) groups excluding carboxylic acids is 3. The van der Waals surface area contributed by atoms with Crippen molar-refractivity contribution in [1.82, 2.24) is 19.5 Å². The topological polar surface area (TPSA) is 141 Å². The maximum Gasteiger partial charge on any atom is 0.303 e. The summed E-state index contributed by atoms with van der Waals surface area (Å²) in [5.41, 5.74) is 4.95. The van der Waals surface area contributed by atoms with E-state index in [0.717, 1.165) is 11.1 Å². The van der Waals surface area contributed by atoms with E-state index < -0.39 is 50.5 Å². The second-order valence-electron chi connectivity index (χ2n) is 11.0. The summed E-state index contributed by atoms with van der Waals surface area (Å²) >= 11 is 0. The van der Waals surface area contributed by atoms with Crippen molar-refractivity contribution in [3.63, 3.8) is 0 Å². The maximum atomic E-state index is 12.1. The molecule has 1 saturated heterocycles. The van der Waals surface area contributed by atoms with Crippen LogP contribution in [0.15, 0.2) is 24.8 Å². The SMILES string of the molecule is CC(=O)OC[C@H]1O[C@@H](n2cnc3c(-c4cc5c(cc4[Si](C)(C)C)COC5)ncnc32)[C@H](OC(C)=O)[C@@H]1OC(C)=O. The van der Waals surface area contributed by atoms with Gasteiger partial charge >= 0.3 is 17.9 Å². The molecule has 0 N–H and O–H groups in total. The Morgan fingerprint density at radius 3 is 2.27 bits per heavy atom. The van der Waals surface area contributed by atoms with E-state index in [-0.39, 0.29) is 6.61 Å². The molecule has 0 bridgehead atoms. The summed E-state index contributed by atoms with van der Waals surface area (Å²) in [6.45, 7) is 11.5. The smallest absolute Gasteiger partial charge is 0.303 e. The van der Waals surface area contributed by atoms with Crippen LogP contribution in [0.2, 0.25) is 19.6 Å². The number of imidazole rings is 1. The summed E-state index contributed by atoms with van der Waals surface area (Å²) < 4.78 is 29.8. The monoisotopic (exact) mass is 568 g/mol. The molecule has 4 heterocycles. The van der Waals surface area contributed by atoms with Crippen molar-refractivity contribution >= 4 is 42.3 Å². The molecule has 2 aliphatic heterocycles. The fraction of sp³-hybridized carbons (Fsp3) is 0.481. The molecule has 2 aromatic heterocycles. The molecule has 0 spiro atoms. The van der Waals surface area contributed by atoms with Crippen LogP contribution in [0.3, 0.4) is 0 Å². The average molecular weight is 569 g/mol. The minimum Gasteiger partial charge on any atom is -0.463 e. The van der Waals surface area contributed by atoms with Crippen molar-refractivity contribution in [2.45, 2.75) is 78.2 Å². The number of carbonyl (C=O) groups is 3. The van der Waals surface area contributed by atoms with Crippen molar-refractivity contribution < 1.29 is 38.1 Å². The van der Waals surface area contributed by atoms with Crippen LogP contribution >= 0.6 is 0 Å². The van der Waals surface area contributed by atoms with Gasteiger partial charge in [0.15, 0.2) is 24.1 Å². The van der Waals surface area contributed by atoms with Crippen molar-refractivity contribution in [2.75, 3.05) is 6.61 Å². The highest BCUT2D eigenvalue weighted by Gasteiger charge is 2.51. The number of nitrogens with zero attached hydrogens (tertiary/aromatic N) is 4. The number of hydrogen-bond donors (Lipinski definition) is 0. The highest BCUT2D eigenvalue weighted by molar-refractivity contribution is 6.89. The first kappa shape index (κ1) is 27.9. The molecule has 2 aliphatic rings. The lowest BCUT2D eigenvalue weighted by atomic mass is 10.0. The number of ether oxygens (including phenoxy) is 5. The number of fused-ring (bicyclic) bond motifs is 2. The molecule has 12 nitrogen and oxygen atoms in total. The van der Waals surface area contributed by atoms with Gasteiger partial charge in [0.1, 0.15) is 30.2 Å². The van der Waals surface area contributed by atoms with Gasteiger partial charge in [0, 0.05) is 26.3 Å². The minimum absolute atomic E-state index is 0.203. The molecule has 40 heavy (non-hydrogen) atoms. The molecule has 1 aromatic carbocycles. The van der Waals surface area contributed by atoms with Crippen LogP contribution in [0.25, 0.3) is 22.4 Å². The van der Waals surface area contributed by atoms with Crippen molar-refractivity contribution in [2.24, 2.45) is 0 Å². The van der Waals surface area contributed by atoms with Gasteiger partial charge in [-0.2, -0.15) is 0 Å². The second-order valence-corrected chi connectivity index (χ2v) is 16.0. The van der Waals surface area contributed by atoms with Crippen LogP contribution in [0, 0.1) is 0 Å². The Hall–Kier alpha value is -3.68. The highest BCUT2D eigenvalue weighted by Crippen LogP contribution is 2.37. The van der Waals surface area contributed by atoms with E-state index in [4.69, 9.17) is 23.7 Å². The zero-order valence-electron chi connectivity index (χ0n) is 23.3. The Morgan fingerprint density at radius 1 is 0.950 bits per heavy atom. The Morgan fingerprint density at radius 2 is 1.62 bits per heavy atom. The summed E-state index contributed by atoms with van der Waals surface area (Å²) in [6.07, 6.45) is -0.938. The first-order valence-corrected chi connectivity index (χ1v) is 16.5. The van der Waals surface area contributed by atoms with Gasteiger partial charge in [-0.3, -0.25) is 19.0 Å². The molecule has 3 aromatic rings.